The molecule has 2 rings (SSSR count). The van der Waals surface area contributed by atoms with Gasteiger partial charge in [-0.1, -0.05) is 11.6 Å². The molecule has 0 bridgehead atoms. The lowest BCUT2D eigenvalue weighted by Gasteiger charge is -2.25. The number of nitrogens with one attached hydrogen (secondary N) is 2. The van der Waals surface area contributed by atoms with Gasteiger partial charge in [0.2, 0.25) is 11.5 Å². The van der Waals surface area contributed by atoms with Gasteiger partial charge in [0, 0.05) is 11.3 Å². The summed E-state index contributed by atoms with van der Waals surface area (Å²) in [6, 6.07) is 8.07. The maximum Gasteiger partial charge on any atom is 0.426 e. The zero-order valence-corrected chi connectivity index (χ0v) is 16.7. The second kappa shape index (κ2) is 8.13. The second-order valence-electron chi connectivity index (χ2n) is 6.21. The van der Waals surface area contributed by atoms with Crippen molar-refractivity contribution >= 4 is 44.8 Å². The molecule has 1 atom stereocenters. The molecular formula is C17H15ClF3N3O5S. The van der Waals surface area contributed by atoms with Crippen molar-refractivity contribution in [2.75, 3.05) is 10.0 Å². The normalized spacial score (nSPS) is 13.9. The highest BCUT2D eigenvalue weighted by atomic mass is 35.5. The fourth-order valence-corrected chi connectivity index (χ4v) is 3.43. The first-order valence-corrected chi connectivity index (χ1v) is 9.84. The second-order valence-corrected chi connectivity index (χ2v) is 8.30. The maximum atomic E-state index is 12.7. The van der Waals surface area contributed by atoms with Crippen molar-refractivity contribution in [1.82, 2.24) is 0 Å². The molecule has 2 amide bonds. The third-order valence-corrected chi connectivity index (χ3v) is 5.61. The summed E-state index contributed by atoms with van der Waals surface area (Å²) < 4.78 is 65.3. The van der Waals surface area contributed by atoms with Crippen LogP contribution in [0.2, 0.25) is 5.02 Å². The Bertz CT molecular complexity index is 1090. The molecule has 13 heteroatoms. The standard InChI is InChI=1S/C17H15ClF3N3O5S/c1-16(27,17(19,20)21)15(26)23-13-7-6-11(8-12(13)18)30(28,29)24-10-4-2-9(3-5-10)14(22)25/h2-8,24,27H,1H3,(H2,22,25)(H,23,26)/t16-/m1/s1. The van der Waals surface area contributed by atoms with E-state index in [1.54, 1.807) is 5.32 Å². The smallest absolute Gasteiger partial charge is 0.373 e. The third-order valence-electron chi connectivity index (χ3n) is 3.91. The summed E-state index contributed by atoms with van der Waals surface area (Å²) in [6.07, 6.45) is -5.24. The van der Waals surface area contributed by atoms with Crippen molar-refractivity contribution in [1.29, 1.82) is 0 Å². The fraction of sp³-hybridized carbons (Fsp3) is 0.176. The summed E-state index contributed by atoms with van der Waals surface area (Å²) in [5, 5.41) is 10.8. The lowest BCUT2D eigenvalue weighted by Crippen LogP contribution is -2.52. The van der Waals surface area contributed by atoms with Gasteiger partial charge in [0.1, 0.15) is 0 Å². The number of halogens is 4. The lowest BCUT2D eigenvalue weighted by molar-refractivity contribution is -0.242. The average molecular weight is 466 g/mol. The molecule has 0 heterocycles. The Hall–Kier alpha value is -2.83. The number of anilines is 2. The number of rotatable bonds is 6. The molecule has 0 spiro atoms. The number of carbonyl (C=O) groups excluding carboxylic acids is 2. The molecule has 162 valence electrons. The van der Waals surface area contributed by atoms with Gasteiger partial charge >= 0.3 is 6.18 Å². The van der Waals surface area contributed by atoms with Gasteiger partial charge < -0.3 is 16.2 Å². The first kappa shape index (κ1) is 23.4. The van der Waals surface area contributed by atoms with Crippen LogP contribution in [0.4, 0.5) is 24.5 Å². The number of carbonyl (C=O) groups is 2. The van der Waals surface area contributed by atoms with Crippen molar-refractivity contribution < 1.29 is 36.3 Å². The van der Waals surface area contributed by atoms with Gasteiger partial charge in [-0.2, -0.15) is 13.2 Å². The van der Waals surface area contributed by atoms with Crippen LogP contribution in [0, 0.1) is 0 Å². The Balaban J connectivity index is 2.23. The first-order chi connectivity index (χ1) is 13.6. The molecule has 0 aromatic heterocycles. The van der Waals surface area contributed by atoms with Crippen molar-refractivity contribution in [2.24, 2.45) is 5.73 Å². The monoisotopic (exact) mass is 465 g/mol. The molecule has 0 fully saturated rings. The van der Waals surface area contributed by atoms with Crippen LogP contribution < -0.4 is 15.8 Å². The maximum absolute atomic E-state index is 12.7. The van der Waals surface area contributed by atoms with E-state index < -0.39 is 33.6 Å². The van der Waals surface area contributed by atoms with Crippen LogP contribution in [-0.2, 0) is 14.8 Å². The van der Waals surface area contributed by atoms with Gasteiger partial charge in [0.15, 0.2) is 0 Å². The number of hydrogen-bond donors (Lipinski definition) is 4. The third kappa shape index (κ3) is 5.01. The molecule has 5 N–H and O–H groups in total. The molecule has 0 aliphatic carbocycles. The highest BCUT2D eigenvalue weighted by molar-refractivity contribution is 7.92. The van der Waals surface area contributed by atoms with Crippen LogP contribution in [0.5, 0.6) is 0 Å². The Morgan fingerprint density at radius 3 is 2.13 bits per heavy atom. The molecule has 2 aromatic rings. The summed E-state index contributed by atoms with van der Waals surface area (Å²) >= 11 is 5.88. The van der Waals surface area contributed by atoms with E-state index in [-0.39, 0.29) is 33.8 Å². The molecule has 8 nitrogen and oxygen atoms in total. The average Bonchev–Trinajstić information content (AvgIpc) is 2.62. The SMILES string of the molecule is C[C@@](O)(C(=O)Nc1ccc(S(=O)(=O)Nc2ccc(C(N)=O)cc2)cc1Cl)C(F)(F)F. The number of alkyl halides is 3. The molecule has 0 saturated heterocycles. The van der Waals surface area contributed by atoms with E-state index in [0.29, 0.717) is 0 Å². The zero-order chi connectivity index (χ0) is 22.9. The number of sulfonamides is 1. The minimum atomic E-state index is -5.24. The van der Waals surface area contributed by atoms with E-state index in [2.05, 4.69) is 4.72 Å². The summed E-state index contributed by atoms with van der Waals surface area (Å²) in [5.41, 5.74) is 1.35. The Labute approximate surface area is 173 Å². The zero-order valence-electron chi connectivity index (χ0n) is 15.1. The number of aliphatic hydroxyl groups is 1. The summed E-state index contributed by atoms with van der Waals surface area (Å²) in [5.74, 6) is -2.49. The number of amides is 2. The van der Waals surface area contributed by atoms with Crippen LogP contribution in [0.25, 0.3) is 0 Å². The van der Waals surface area contributed by atoms with Crippen molar-refractivity contribution in [3.63, 3.8) is 0 Å². The lowest BCUT2D eigenvalue weighted by atomic mass is 10.1. The predicted molar refractivity (Wildman–Crippen MR) is 103 cm³/mol. The van der Waals surface area contributed by atoms with Crippen LogP contribution in [0.1, 0.15) is 17.3 Å². The first-order valence-electron chi connectivity index (χ1n) is 7.98. The van der Waals surface area contributed by atoms with Crippen LogP contribution in [0.3, 0.4) is 0 Å². The van der Waals surface area contributed by atoms with E-state index in [4.69, 9.17) is 17.3 Å². The minimum Gasteiger partial charge on any atom is -0.373 e. The summed E-state index contributed by atoms with van der Waals surface area (Å²) in [7, 11) is -4.16. The van der Waals surface area contributed by atoms with Crippen molar-refractivity contribution in [2.45, 2.75) is 23.6 Å². The summed E-state index contributed by atoms with van der Waals surface area (Å²) in [6.45, 7) is 0.266. The molecule has 0 unspecified atom stereocenters. The van der Waals surface area contributed by atoms with E-state index in [0.717, 1.165) is 18.2 Å². The van der Waals surface area contributed by atoms with Gasteiger partial charge in [0.05, 0.1) is 15.6 Å². The Morgan fingerprint density at radius 2 is 1.67 bits per heavy atom. The molecule has 2 aromatic carbocycles. The molecular weight excluding hydrogens is 451 g/mol. The fourth-order valence-electron chi connectivity index (χ4n) is 2.05. The van der Waals surface area contributed by atoms with Crippen LogP contribution >= 0.6 is 11.6 Å². The molecule has 0 radical (unpaired) electrons. The van der Waals surface area contributed by atoms with Gasteiger partial charge in [-0.05, 0) is 49.4 Å². The van der Waals surface area contributed by atoms with Crippen LogP contribution in [0.15, 0.2) is 47.4 Å². The highest BCUT2D eigenvalue weighted by Gasteiger charge is 2.55. The topological polar surface area (TPSA) is 139 Å². The van der Waals surface area contributed by atoms with Gasteiger partial charge in [-0.3, -0.25) is 14.3 Å². The van der Waals surface area contributed by atoms with E-state index >= 15 is 0 Å². The van der Waals surface area contributed by atoms with E-state index in [1.807, 2.05) is 0 Å². The predicted octanol–water partition coefficient (Wildman–Crippen LogP) is 2.49. The minimum absolute atomic E-state index is 0.106. The van der Waals surface area contributed by atoms with E-state index in [1.165, 1.54) is 24.3 Å². The quantitative estimate of drug-likeness (QED) is 0.519. The van der Waals surface area contributed by atoms with Crippen LogP contribution in [-0.4, -0.2) is 37.1 Å². The van der Waals surface area contributed by atoms with E-state index in [9.17, 15) is 36.3 Å². The number of benzene rings is 2. The molecule has 0 aliphatic heterocycles. The van der Waals surface area contributed by atoms with Crippen molar-refractivity contribution in [3.05, 3.63) is 53.1 Å². The molecule has 0 aliphatic rings. The Morgan fingerprint density at radius 1 is 1.10 bits per heavy atom. The number of hydrogen-bond acceptors (Lipinski definition) is 5. The largest absolute Gasteiger partial charge is 0.426 e. The summed E-state index contributed by atoms with van der Waals surface area (Å²) in [4.78, 5) is 22.4. The highest BCUT2D eigenvalue weighted by Crippen LogP contribution is 2.33. The van der Waals surface area contributed by atoms with Crippen molar-refractivity contribution in [3.8, 4) is 0 Å². The molecule has 30 heavy (non-hydrogen) atoms. The Kier molecular flexibility index (Phi) is 6.35. The molecule has 0 saturated carbocycles. The van der Waals surface area contributed by atoms with Gasteiger partial charge in [-0.15, -0.1) is 0 Å². The van der Waals surface area contributed by atoms with Gasteiger partial charge in [0.25, 0.3) is 15.9 Å². The number of nitrogens with two attached hydrogens (primary N) is 1. The number of primary amides is 1. The van der Waals surface area contributed by atoms with Gasteiger partial charge in [-0.25, -0.2) is 8.42 Å².